The highest BCUT2D eigenvalue weighted by molar-refractivity contribution is 9.10. The molecule has 0 N–H and O–H groups in total. The molecule has 2 heterocycles. The molecule has 1 fully saturated rings. The molecule has 0 bridgehead atoms. The molecule has 128 valence electrons. The number of hydrogen-bond donors (Lipinski definition) is 0. The van der Waals surface area contributed by atoms with Crippen molar-refractivity contribution in [2.75, 3.05) is 18.0 Å². The van der Waals surface area contributed by atoms with Crippen LogP contribution in [0.15, 0.2) is 40.2 Å². The zero-order chi connectivity index (χ0) is 18.3. The molecular weight excluding hydrogens is 428 g/mol. The SMILES string of the molecule is C=CCN1C(=O)/C(=C2\SC(=S)N(CC(=O)[O-])C2=O)c2cc(Br)ccc21. The third kappa shape index (κ3) is 3.03. The van der Waals surface area contributed by atoms with Gasteiger partial charge in [-0.15, -0.1) is 6.58 Å². The van der Waals surface area contributed by atoms with E-state index in [0.717, 1.165) is 21.1 Å². The lowest BCUT2D eigenvalue weighted by Gasteiger charge is -2.15. The highest BCUT2D eigenvalue weighted by Crippen LogP contribution is 2.45. The van der Waals surface area contributed by atoms with Gasteiger partial charge in [-0.05, 0) is 18.2 Å². The van der Waals surface area contributed by atoms with E-state index in [1.807, 2.05) is 0 Å². The molecule has 6 nitrogen and oxygen atoms in total. The van der Waals surface area contributed by atoms with Gasteiger partial charge in [0, 0.05) is 16.6 Å². The van der Waals surface area contributed by atoms with Crippen LogP contribution in [0.3, 0.4) is 0 Å². The Morgan fingerprint density at radius 2 is 2.04 bits per heavy atom. The maximum absolute atomic E-state index is 12.9. The summed E-state index contributed by atoms with van der Waals surface area (Å²) in [5.74, 6) is -2.37. The lowest BCUT2D eigenvalue weighted by Crippen LogP contribution is -2.40. The summed E-state index contributed by atoms with van der Waals surface area (Å²) < 4.78 is 0.838. The van der Waals surface area contributed by atoms with Crippen molar-refractivity contribution < 1.29 is 19.5 Å². The highest BCUT2D eigenvalue weighted by atomic mass is 79.9. The number of carboxylic acids is 1. The molecule has 2 aliphatic heterocycles. The van der Waals surface area contributed by atoms with Crippen LogP contribution in [0.5, 0.6) is 0 Å². The summed E-state index contributed by atoms with van der Waals surface area (Å²) in [4.78, 5) is 38.9. The lowest BCUT2D eigenvalue weighted by atomic mass is 10.1. The van der Waals surface area contributed by atoms with Gasteiger partial charge >= 0.3 is 0 Å². The van der Waals surface area contributed by atoms with E-state index in [1.54, 1.807) is 24.3 Å². The Morgan fingerprint density at radius 3 is 2.68 bits per heavy atom. The molecule has 2 aliphatic rings. The Bertz CT molecular complexity index is 881. The predicted octanol–water partition coefficient (Wildman–Crippen LogP) is 1.30. The van der Waals surface area contributed by atoms with Crippen molar-refractivity contribution >= 4 is 73.3 Å². The summed E-state index contributed by atoms with van der Waals surface area (Å²) in [6.07, 6.45) is 1.59. The van der Waals surface area contributed by atoms with Crippen molar-refractivity contribution in [2.45, 2.75) is 0 Å². The molecule has 1 aromatic rings. The van der Waals surface area contributed by atoms with Crippen molar-refractivity contribution in [3.63, 3.8) is 0 Å². The predicted molar refractivity (Wildman–Crippen MR) is 101 cm³/mol. The highest BCUT2D eigenvalue weighted by Gasteiger charge is 2.41. The normalized spacial score (nSPS) is 19.6. The second-order valence-electron chi connectivity index (χ2n) is 5.20. The number of fused-ring (bicyclic) bond motifs is 1. The molecule has 0 aliphatic carbocycles. The van der Waals surface area contributed by atoms with Crippen LogP contribution in [-0.4, -0.2) is 40.1 Å². The topological polar surface area (TPSA) is 80.8 Å². The summed E-state index contributed by atoms with van der Waals surface area (Å²) in [6, 6.07) is 5.32. The largest absolute Gasteiger partial charge is 0.548 e. The number of benzene rings is 1. The first-order chi connectivity index (χ1) is 11.8. The molecule has 9 heteroatoms. The first-order valence-corrected chi connectivity index (χ1v) is 9.07. The van der Waals surface area contributed by atoms with Gasteiger partial charge in [-0.3, -0.25) is 14.5 Å². The van der Waals surface area contributed by atoms with Crippen LogP contribution >= 0.6 is 39.9 Å². The van der Waals surface area contributed by atoms with Crippen molar-refractivity contribution in [3.05, 3.63) is 45.8 Å². The number of halogens is 1. The minimum atomic E-state index is -1.42. The molecule has 1 saturated heterocycles. The maximum atomic E-state index is 12.9. The van der Waals surface area contributed by atoms with Crippen LogP contribution < -0.4 is 10.0 Å². The molecule has 3 rings (SSSR count). The summed E-state index contributed by atoms with van der Waals surface area (Å²) in [7, 11) is 0. The van der Waals surface area contributed by atoms with Crippen molar-refractivity contribution in [1.29, 1.82) is 0 Å². The molecular formula is C16H10BrN2O4S2-. The first kappa shape index (κ1) is 17.8. The number of carbonyl (C=O) groups excluding carboxylic acids is 3. The van der Waals surface area contributed by atoms with Gasteiger partial charge in [0.1, 0.15) is 4.32 Å². The minimum Gasteiger partial charge on any atom is -0.548 e. The van der Waals surface area contributed by atoms with Gasteiger partial charge in [-0.2, -0.15) is 0 Å². The number of carboxylic acid groups (broad SMARTS) is 1. The molecule has 25 heavy (non-hydrogen) atoms. The van der Waals surface area contributed by atoms with Crippen LogP contribution in [0, 0.1) is 0 Å². The van der Waals surface area contributed by atoms with E-state index in [1.165, 1.54) is 4.90 Å². The van der Waals surface area contributed by atoms with Crippen molar-refractivity contribution in [1.82, 2.24) is 4.90 Å². The zero-order valence-electron chi connectivity index (χ0n) is 12.7. The van der Waals surface area contributed by atoms with Gasteiger partial charge in [-0.1, -0.05) is 46.0 Å². The average Bonchev–Trinajstić information content (AvgIpc) is 2.96. The number of amides is 2. The number of aliphatic carboxylic acids is 1. The second-order valence-corrected chi connectivity index (χ2v) is 7.76. The summed E-state index contributed by atoms with van der Waals surface area (Å²) >= 11 is 9.37. The molecule has 0 unspecified atom stereocenters. The number of carbonyl (C=O) groups is 3. The van der Waals surface area contributed by atoms with E-state index in [2.05, 4.69) is 22.5 Å². The average molecular weight is 438 g/mol. The molecule has 2 amide bonds. The second kappa shape index (κ2) is 6.74. The summed E-state index contributed by atoms with van der Waals surface area (Å²) in [5.41, 5.74) is 1.47. The number of thioether (sulfide) groups is 1. The Morgan fingerprint density at radius 1 is 1.32 bits per heavy atom. The molecule has 0 spiro atoms. The van der Waals surface area contributed by atoms with Crippen LogP contribution in [0.1, 0.15) is 5.56 Å². The van der Waals surface area contributed by atoms with Gasteiger partial charge in [0.25, 0.3) is 11.8 Å². The minimum absolute atomic E-state index is 0.0863. The fraction of sp³-hybridized carbons (Fsp3) is 0.125. The Balaban J connectivity index is 2.15. The van der Waals surface area contributed by atoms with Crippen LogP contribution in [-0.2, 0) is 14.4 Å². The fourth-order valence-corrected chi connectivity index (χ4v) is 4.34. The first-order valence-electron chi connectivity index (χ1n) is 7.05. The number of thiocarbonyl (C=S) groups is 1. The number of nitrogens with zero attached hydrogens (tertiary/aromatic N) is 2. The quantitative estimate of drug-likeness (QED) is 0.401. The van der Waals surface area contributed by atoms with Crippen molar-refractivity contribution in [2.24, 2.45) is 0 Å². The Labute approximate surface area is 161 Å². The third-order valence-corrected chi connectivity index (χ3v) is 5.59. The Hall–Kier alpha value is -1.97. The number of anilines is 1. The third-order valence-electron chi connectivity index (χ3n) is 3.65. The van der Waals surface area contributed by atoms with Gasteiger partial charge in [0.2, 0.25) is 0 Å². The van der Waals surface area contributed by atoms with Gasteiger partial charge in [0.15, 0.2) is 0 Å². The van der Waals surface area contributed by atoms with Gasteiger partial charge in [-0.25, -0.2) is 0 Å². The van der Waals surface area contributed by atoms with E-state index < -0.39 is 18.4 Å². The van der Waals surface area contributed by atoms with Crippen molar-refractivity contribution in [3.8, 4) is 0 Å². The van der Waals surface area contributed by atoms with E-state index >= 15 is 0 Å². The monoisotopic (exact) mass is 437 g/mol. The van der Waals surface area contributed by atoms with Crippen LogP contribution in [0.2, 0.25) is 0 Å². The van der Waals surface area contributed by atoms with E-state index in [4.69, 9.17) is 12.2 Å². The lowest BCUT2D eigenvalue weighted by molar-refractivity contribution is -0.305. The molecule has 1 aromatic carbocycles. The molecule has 0 radical (unpaired) electrons. The van der Waals surface area contributed by atoms with Gasteiger partial charge in [0.05, 0.1) is 28.7 Å². The summed E-state index contributed by atoms with van der Waals surface area (Å²) in [6.45, 7) is 3.30. The fourth-order valence-electron chi connectivity index (χ4n) is 2.65. The zero-order valence-corrected chi connectivity index (χ0v) is 15.9. The molecule has 0 saturated carbocycles. The Kier molecular flexibility index (Phi) is 4.81. The van der Waals surface area contributed by atoms with Crippen LogP contribution in [0.25, 0.3) is 5.57 Å². The smallest absolute Gasteiger partial charge is 0.267 e. The van der Waals surface area contributed by atoms with E-state index in [0.29, 0.717) is 11.3 Å². The van der Waals surface area contributed by atoms with Gasteiger partial charge < -0.3 is 14.8 Å². The molecule has 0 aromatic heterocycles. The number of hydrogen-bond acceptors (Lipinski definition) is 6. The van der Waals surface area contributed by atoms with E-state index in [9.17, 15) is 19.5 Å². The molecule has 0 atom stereocenters. The summed E-state index contributed by atoms with van der Waals surface area (Å²) in [5, 5.41) is 10.8. The standard InChI is InChI=1S/C16H11BrN2O4S2/c1-2-5-18-10-4-3-8(17)6-9(10)12(14(18)22)13-15(23)19(7-11(20)21)16(24)25-13/h2-4,6H,1,5,7H2,(H,20,21)/p-1/b13-12-. The number of rotatable bonds is 4. The maximum Gasteiger partial charge on any atom is 0.267 e. The van der Waals surface area contributed by atoms with E-state index in [-0.39, 0.29) is 27.3 Å². The van der Waals surface area contributed by atoms with Crippen LogP contribution in [0.4, 0.5) is 5.69 Å².